The molecule has 6 aromatic carbocycles. The van der Waals surface area contributed by atoms with Gasteiger partial charge >= 0.3 is 13.1 Å². The summed E-state index contributed by atoms with van der Waals surface area (Å²) in [5.41, 5.74) is 4.40. The van der Waals surface area contributed by atoms with E-state index in [1.54, 1.807) is 24.3 Å². The van der Waals surface area contributed by atoms with Gasteiger partial charge in [-0.1, -0.05) is 92.2 Å². The van der Waals surface area contributed by atoms with Crippen LogP contribution in [0.3, 0.4) is 0 Å². The molecule has 0 spiro atoms. The molecule has 0 aromatic heterocycles. The highest BCUT2D eigenvalue weighted by Crippen LogP contribution is 2.40. The molecule has 0 heterocycles. The first-order chi connectivity index (χ1) is 30.1. The maximum atomic E-state index is 15.4. The normalized spacial score (nSPS) is 19.1. The molecule has 0 saturated heterocycles. The summed E-state index contributed by atoms with van der Waals surface area (Å²) in [5.74, 6) is 0.283. The lowest BCUT2D eigenvalue weighted by molar-refractivity contribution is -0.219. The fraction of sp³-hybridized carbons (Fsp3) is 0.385. The lowest BCUT2D eigenvalue weighted by atomic mass is 9.77. The van der Waals surface area contributed by atoms with Crippen LogP contribution in [0.5, 0.6) is 11.5 Å². The van der Waals surface area contributed by atoms with Gasteiger partial charge in [-0.3, -0.25) is 0 Å². The summed E-state index contributed by atoms with van der Waals surface area (Å²) in [6.07, 6.45) is 10.9. The van der Waals surface area contributed by atoms with E-state index in [0.29, 0.717) is 40.0 Å². The van der Waals surface area contributed by atoms with Crippen LogP contribution in [0.4, 0.5) is 22.0 Å². The van der Waals surface area contributed by atoms with Gasteiger partial charge in [0.15, 0.2) is 11.6 Å². The Hall–Kier alpha value is -5.03. The van der Waals surface area contributed by atoms with Gasteiger partial charge in [0.05, 0.1) is 6.10 Å². The Kier molecular flexibility index (Phi) is 15.2. The summed E-state index contributed by atoms with van der Waals surface area (Å²) in [7, 11) is 3.01. The van der Waals surface area contributed by atoms with Crippen LogP contribution in [0.25, 0.3) is 43.8 Å². The molecule has 2 saturated carbocycles. The SMILES string of the molecule is CCC1CCC(c2ccc3c(F)c(-c4ccc(OC(F)F)c(F)c4)ccc3c2)CC1.CCOC1CCC(c2ccc3c(F)c(-c4ccc(OC(OC)OC)cc4)ccc3c2)CC1. The number of halogens is 5. The number of hydrogen-bond acceptors (Lipinski definition) is 5. The van der Waals surface area contributed by atoms with Gasteiger partial charge in [-0.2, -0.15) is 8.78 Å². The molecule has 328 valence electrons. The van der Waals surface area contributed by atoms with Crippen LogP contribution < -0.4 is 9.47 Å². The van der Waals surface area contributed by atoms with Gasteiger partial charge in [0.2, 0.25) is 0 Å². The van der Waals surface area contributed by atoms with Crippen LogP contribution in [0.15, 0.2) is 103 Å². The number of fused-ring (bicyclic) bond motifs is 2. The Balaban J connectivity index is 0.000000187. The molecular formula is C52H55F5O5. The molecule has 8 rings (SSSR count). The second kappa shape index (κ2) is 20.9. The van der Waals surface area contributed by atoms with Gasteiger partial charge in [0, 0.05) is 42.7 Å². The zero-order valence-electron chi connectivity index (χ0n) is 35.8. The first kappa shape index (κ1) is 45.0. The van der Waals surface area contributed by atoms with Crippen molar-refractivity contribution >= 4 is 21.5 Å². The third-order valence-electron chi connectivity index (χ3n) is 12.6. The lowest BCUT2D eigenvalue weighted by Crippen LogP contribution is -2.20. The Morgan fingerprint density at radius 2 is 1.10 bits per heavy atom. The summed E-state index contributed by atoms with van der Waals surface area (Å²) < 4.78 is 94.8. The predicted octanol–water partition coefficient (Wildman–Crippen LogP) is 14.7. The van der Waals surface area contributed by atoms with Crippen LogP contribution in [-0.4, -0.2) is 40.0 Å². The molecular weight excluding hydrogens is 800 g/mol. The number of benzene rings is 6. The van der Waals surface area contributed by atoms with Crippen molar-refractivity contribution in [1.82, 2.24) is 0 Å². The van der Waals surface area contributed by atoms with Crippen molar-refractivity contribution in [1.29, 1.82) is 0 Å². The molecule has 2 fully saturated rings. The van der Waals surface area contributed by atoms with E-state index in [4.69, 9.17) is 18.9 Å². The van der Waals surface area contributed by atoms with Crippen molar-refractivity contribution in [2.75, 3.05) is 20.8 Å². The highest BCUT2D eigenvalue weighted by Gasteiger charge is 2.24. The smallest absolute Gasteiger partial charge is 0.387 e. The van der Waals surface area contributed by atoms with E-state index < -0.39 is 30.5 Å². The van der Waals surface area contributed by atoms with E-state index in [1.165, 1.54) is 50.7 Å². The topological polar surface area (TPSA) is 46.2 Å². The summed E-state index contributed by atoms with van der Waals surface area (Å²) >= 11 is 0. The Morgan fingerprint density at radius 3 is 1.60 bits per heavy atom. The number of alkyl halides is 2. The minimum Gasteiger partial charge on any atom is -0.441 e. The van der Waals surface area contributed by atoms with Gasteiger partial charge < -0.3 is 23.7 Å². The highest BCUT2D eigenvalue weighted by molar-refractivity contribution is 5.90. The molecule has 0 bridgehead atoms. The minimum atomic E-state index is -3.12. The van der Waals surface area contributed by atoms with Crippen LogP contribution >= 0.6 is 0 Å². The standard InChI is InChI=1S/C27H31FO4.C25H24F4O/c1-4-31-22-11-5-18(6-12-22)20-9-15-25-21(17-20)10-16-24(26(25)28)19-7-13-23(14-8-19)32-27(29-2)30-3;1-2-15-3-5-16(6-4-15)17-7-10-20-18(13-17)8-11-21(24(20)27)19-9-12-23(22(26)14-19)30-25(28)29/h7-10,13-18,22,27H,4-6,11-12H2,1-3H3;7-16,25H,2-6H2,1H3. The van der Waals surface area contributed by atoms with E-state index in [0.717, 1.165) is 79.5 Å². The maximum Gasteiger partial charge on any atom is 0.387 e. The second-order valence-electron chi connectivity index (χ2n) is 16.3. The molecule has 0 atom stereocenters. The first-order valence-corrected chi connectivity index (χ1v) is 21.7. The van der Waals surface area contributed by atoms with E-state index >= 15 is 8.78 Å². The van der Waals surface area contributed by atoms with Crippen molar-refractivity contribution in [3.63, 3.8) is 0 Å². The quantitative estimate of drug-likeness (QED) is 0.0855. The van der Waals surface area contributed by atoms with Gasteiger partial charge in [-0.05, 0) is 133 Å². The van der Waals surface area contributed by atoms with E-state index in [-0.39, 0.29) is 16.9 Å². The van der Waals surface area contributed by atoms with Crippen LogP contribution in [0.2, 0.25) is 0 Å². The zero-order chi connectivity index (χ0) is 43.8. The van der Waals surface area contributed by atoms with E-state index in [9.17, 15) is 13.2 Å². The van der Waals surface area contributed by atoms with Gasteiger partial charge in [0.1, 0.15) is 17.4 Å². The lowest BCUT2D eigenvalue weighted by Gasteiger charge is -2.28. The number of hydrogen-bond donors (Lipinski definition) is 0. The van der Waals surface area contributed by atoms with Gasteiger partial charge in [-0.25, -0.2) is 13.2 Å². The largest absolute Gasteiger partial charge is 0.441 e. The van der Waals surface area contributed by atoms with Gasteiger partial charge in [0.25, 0.3) is 0 Å². The molecule has 5 nitrogen and oxygen atoms in total. The summed E-state index contributed by atoms with van der Waals surface area (Å²) in [6.45, 7) is 1.19. The van der Waals surface area contributed by atoms with Crippen molar-refractivity contribution < 1.29 is 45.6 Å². The van der Waals surface area contributed by atoms with E-state index in [2.05, 4.69) is 36.8 Å². The zero-order valence-corrected chi connectivity index (χ0v) is 35.8. The van der Waals surface area contributed by atoms with Crippen molar-refractivity contribution in [2.45, 2.75) is 103 Å². The number of ether oxygens (including phenoxy) is 5. The molecule has 2 aliphatic rings. The van der Waals surface area contributed by atoms with Crippen LogP contribution in [0, 0.1) is 23.4 Å². The van der Waals surface area contributed by atoms with Gasteiger partial charge in [-0.15, -0.1) is 0 Å². The Morgan fingerprint density at radius 1 is 0.565 bits per heavy atom. The molecule has 6 aromatic rings. The molecule has 0 amide bonds. The third kappa shape index (κ3) is 10.6. The average molecular weight is 855 g/mol. The average Bonchev–Trinajstić information content (AvgIpc) is 3.30. The molecule has 0 N–H and O–H groups in total. The number of rotatable bonds is 13. The third-order valence-corrected chi connectivity index (χ3v) is 12.6. The fourth-order valence-electron chi connectivity index (χ4n) is 9.15. The monoisotopic (exact) mass is 854 g/mol. The maximum absolute atomic E-state index is 15.4. The summed E-state index contributed by atoms with van der Waals surface area (Å²) in [6, 6.07) is 30.1. The first-order valence-electron chi connectivity index (χ1n) is 21.7. The van der Waals surface area contributed by atoms with E-state index in [1.807, 2.05) is 42.5 Å². The van der Waals surface area contributed by atoms with Crippen LogP contribution in [-0.2, 0) is 14.2 Å². The minimum absolute atomic E-state index is 0.200. The van der Waals surface area contributed by atoms with Crippen molar-refractivity contribution in [2.24, 2.45) is 5.92 Å². The molecule has 10 heteroatoms. The fourth-order valence-corrected chi connectivity index (χ4v) is 9.15. The van der Waals surface area contributed by atoms with Crippen LogP contribution in [0.1, 0.15) is 94.6 Å². The van der Waals surface area contributed by atoms with Crippen molar-refractivity contribution in [3.05, 3.63) is 132 Å². The Bertz CT molecular complexity index is 2400. The summed E-state index contributed by atoms with van der Waals surface area (Å²) in [5, 5.41) is 2.86. The Labute approximate surface area is 361 Å². The predicted molar refractivity (Wildman–Crippen MR) is 235 cm³/mol. The molecule has 0 radical (unpaired) electrons. The highest BCUT2D eigenvalue weighted by atomic mass is 19.3. The second-order valence-corrected chi connectivity index (χ2v) is 16.3. The summed E-state index contributed by atoms with van der Waals surface area (Å²) in [4.78, 5) is 0. The molecule has 0 unspecified atom stereocenters. The number of methoxy groups -OCH3 is 2. The van der Waals surface area contributed by atoms with Crippen molar-refractivity contribution in [3.8, 4) is 33.8 Å². The molecule has 2 aliphatic carbocycles. The molecule has 0 aliphatic heterocycles. The molecule has 62 heavy (non-hydrogen) atoms.